The first-order valence-electron chi connectivity index (χ1n) is 7.06. The maximum absolute atomic E-state index is 9.94. The standard InChI is InChI=1S/C17H18ClNO2/c1-19-9-14-13-8-11(18)6-7-17(13)21-16-5-3-2-4-12(16)15(14)10-20/h2-8,14-15,19-20H,9-10H2,1H3/t14-,15-/m1/s1. The van der Waals surface area contributed by atoms with Crippen LogP contribution in [0, 0.1) is 0 Å². The van der Waals surface area contributed by atoms with Gasteiger partial charge in [-0.3, -0.25) is 0 Å². The van der Waals surface area contributed by atoms with Gasteiger partial charge in [0.15, 0.2) is 0 Å². The van der Waals surface area contributed by atoms with Crippen LogP contribution >= 0.6 is 11.6 Å². The van der Waals surface area contributed by atoms with Crippen LogP contribution in [0.25, 0.3) is 0 Å². The summed E-state index contributed by atoms with van der Waals surface area (Å²) in [6.07, 6.45) is 0. The van der Waals surface area contributed by atoms with Gasteiger partial charge in [-0.05, 0) is 31.3 Å². The first-order valence-corrected chi connectivity index (χ1v) is 7.44. The van der Waals surface area contributed by atoms with Gasteiger partial charge in [0.1, 0.15) is 11.5 Å². The van der Waals surface area contributed by atoms with Crippen molar-refractivity contribution in [3.05, 3.63) is 58.6 Å². The van der Waals surface area contributed by atoms with E-state index >= 15 is 0 Å². The van der Waals surface area contributed by atoms with Gasteiger partial charge < -0.3 is 15.2 Å². The second-order valence-corrected chi connectivity index (χ2v) is 5.71. The zero-order valence-electron chi connectivity index (χ0n) is 11.8. The summed E-state index contributed by atoms with van der Waals surface area (Å²) in [6, 6.07) is 13.6. The molecule has 3 nitrogen and oxygen atoms in total. The van der Waals surface area contributed by atoms with Crippen molar-refractivity contribution in [1.29, 1.82) is 0 Å². The molecule has 0 radical (unpaired) electrons. The molecular formula is C17H18ClNO2. The van der Waals surface area contributed by atoms with E-state index in [2.05, 4.69) is 5.32 Å². The summed E-state index contributed by atoms with van der Waals surface area (Å²) in [5, 5.41) is 13.8. The molecule has 0 aliphatic carbocycles. The monoisotopic (exact) mass is 303 g/mol. The van der Waals surface area contributed by atoms with E-state index in [-0.39, 0.29) is 18.4 Å². The Morgan fingerprint density at radius 1 is 1.10 bits per heavy atom. The van der Waals surface area contributed by atoms with E-state index in [1.54, 1.807) is 0 Å². The number of aliphatic hydroxyl groups excluding tert-OH is 1. The molecule has 0 unspecified atom stereocenters. The van der Waals surface area contributed by atoms with E-state index in [4.69, 9.17) is 16.3 Å². The number of ether oxygens (including phenoxy) is 1. The number of rotatable bonds is 3. The first kappa shape index (κ1) is 14.4. The molecule has 0 saturated carbocycles. The molecule has 1 aliphatic heterocycles. The lowest BCUT2D eigenvalue weighted by atomic mass is 9.82. The van der Waals surface area contributed by atoms with Crippen LogP contribution in [-0.4, -0.2) is 25.3 Å². The number of nitrogens with one attached hydrogen (secondary N) is 1. The largest absolute Gasteiger partial charge is 0.457 e. The van der Waals surface area contributed by atoms with Gasteiger partial charge >= 0.3 is 0 Å². The lowest BCUT2D eigenvalue weighted by Gasteiger charge is -2.25. The Kier molecular flexibility index (Phi) is 4.15. The number of hydrogen-bond donors (Lipinski definition) is 2. The minimum Gasteiger partial charge on any atom is -0.457 e. The number of halogens is 1. The third kappa shape index (κ3) is 2.64. The van der Waals surface area contributed by atoms with Gasteiger partial charge in [-0.15, -0.1) is 0 Å². The Bertz CT molecular complexity index is 644. The molecular weight excluding hydrogens is 286 g/mol. The summed E-state index contributed by atoms with van der Waals surface area (Å²) in [4.78, 5) is 0. The van der Waals surface area contributed by atoms with Crippen LogP contribution in [0.2, 0.25) is 5.02 Å². The summed E-state index contributed by atoms with van der Waals surface area (Å²) in [5.74, 6) is 1.70. The van der Waals surface area contributed by atoms with Crippen LogP contribution < -0.4 is 10.1 Å². The highest BCUT2D eigenvalue weighted by atomic mass is 35.5. The minimum absolute atomic E-state index is 0.0200. The lowest BCUT2D eigenvalue weighted by molar-refractivity contribution is 0.246. The molecule has 1 heterocycles. The molecule has 2 aromatic rings. The van der Waals surface area contributed by atoms with Crippen molar-refractivity contribution >= 4 is 11.6 Å². The van der Waals surface area contributed by atoms with Gasteiger partial charge in [-0.25, -0.2) is 0 Å². The molecule has 2 aromatic carbocycles. The van der Waals surface area contributed by atoms with Gasteiger partial charge in [-0.2, -0.15) is 0 Å². The Hall–Kier alpha value is -1.55. The first-order chi connectivity index (χ1) is 10.2. The maximum Gasteiger partial charge on any atom is 0.131 e. The number of fused-ring (bicyclic) bond motifs is 2. The molecule has 21 heavy (non-hydrogen) atoms. The van der Waals surface area contributed by atoms with Crippen molar-refractivity contribution in [2.45, 2.75) is 11.8 Å². The van der Waals surface area contributed by atoms with E-state index in [1.807, 2.05) is 49.5 Å². The molecule has 0 aromatic heterocycles. The maximum atomic E-state index is 9.94. The average molecular weight is 304 g/mol. The predicted octanol–water partition coefficient (Wildman–Crippen LogP) is 3.52. The zero-order chi connectivity index (χ0) is 14.8. The van der Waals surface area contributed by atoms with Crippen LogP contribution in [0.4, 0.5) is 0 Å². The van der Waals surface area contributed by atoms with Crippen LogP contribution in [0.3, 0.4) is 0 Å². The minimum atomic E-state index is -0.0200. The van der Waals surface area contributed by atoms with Gasteiger partial charge in [0.2, 0.25) is 0 Å². The van der Waals surface area contributed by atoms with Crippen LogP contribution in [-0.2, 0) is 0 Å². The fourth-order valence-electron chi connectivity index (χ4n) is 3.03. The highest BCUT2D eigenvalue weighted by Gasteiger charge is 2.31. The molecule has 4 heteroatoms. The molecule has 1 aliphatic rings. The van der Waals surface area contributed by atoms with Crippen molar-refractivity contribution in [3.63, 3.8) is 0 Å². The highest BCUT2D eigenvalue weighted by molar-refractivity contribution is 6.30. The molecule has 2 atom stereocenters. The Morgan fingerprint density at radius 2 is 1.86 bits per heavy atom. The quantitative estimate of drug-likeness (QED) is 0.911. The highest BCUT2D eigenvalue weighted by Crippen LogP contribution is 2.46. The molecule has 0 saturated heterocycles. The Balaban J connectivity index is 2.19. The van der Waals surface area contributed by atoms with Crippen molar-refractivity contribution in [2.24, 2.45) is 0 Å². The molecule has 3 rings (SSSR count). The normalized spacial score (nSPS) is 20.1. The zero-order valence-corrected chi connectivity index (χ0v) is 12.6. The van der Waals surface area contributed by atoms with Gasteiger partial charge in [-0.1, -0.05) is 29.8 Å². The third-order valence-electron chi connectivity index (χ3n) is 4.02. The molecule has 110 valence electrons. The Labute approximate surface area is 129 Å². The van der Waals surface area contributed by atoms with Gasteiger partial charge in [0, 0.05) is 34.5 Å². The lowest BCUT2D eigenvalue weighted by Crippen LogP contribution is -2.24. The van der Waals surface area contributed by atoms with E-state index in [9.17, 15) is 5.11 Å². The predicted molar refractivity (Wildman–Crippen MR) is 84.5 cm³/mol. The van der Waals surface area contributed by atoms with E-state index in [1.165, 1.54) is 0 Å². The summed E-state index contributed by atoms with van der Waals surface area (Å²) in [7, 11) is 1.91. The third-order valence-corrected chi connectivity index (χ3v) is 4.25. The summed E-state index contributed by atoms with van der Waals surface area (Å²) < 4.78 is 6.07. The molecule has 2 N–H and O–H groups in total. The second-order valence-electron chi connectivity index (χ2n) is 5.28. The number of aliphatic hydroxyl groups is 1. The smallest absolute Gasteiger partial charge is 0.131 e. The van der Waals surface area contributed by atoms with Crippen molar-refractivity contribution < 1.29 is 9.84 Å². The molecule has 0 spiro atoms. The SMILES string of the molecule is CNC[C@@H]1c2cc(Cl)ccc2Oc2ccccc2[C@H]1CO. The molecule has 0 bridgehead atoms. The number of hydrogen-bond acceptors (Lipinski definition) is 3. The van der Waals surface area contributed by atoms with Crippen molar-refractivity contribution in [1.82, 2.24) is 5.32 Å². The fraction of sp³-hybridized carbons (Fsp3) is 0.294. The average Bonchev–Trinajstić information content (AvgIpc) is 2.62. The van der Waals surface area contributed by atoms with Crippen molar-refractivity contribution in [2.75, 3.05) is 20.2 Å². The van der Waals surface area contributed by atoms with Crippen LogP contribution in [0.5, 0.6) is 11.5 Å². The molecule has 0 fully saturated rings. The molecule has 0 amide bonds. The number of likely N-dealkylation sites (N-methyl/N-ethyl adjacent to an activating group) is 1. The van der Waals surface area contributed by atoms with Gasteiger partial charge in [0.25, 0.3) is 0 Å². The van der Waals surface area contributed by atoms with Gasteiger partial charge in [0.05, 0.1) is 6.61 Å². The number of benzene rings is 2. The van der Waals surface area contributed by atoms with Crippen LogP contribution in [0.15, 0.2) is 42.5 Å². The fourth-order valence-corrected chi connectivity index (χ4v) is 3.21. The number of para-hydroxylation sites is 1. The summed E-state index contributed by atoms with van der Waals surface area (Å²) in [6.45, 7) is 0.814. The van der Waals surface area contributed by atoms with Crippen molar-refractivity contribution in [3.8, 4) is 11.5 Å². The summed E-state index contributed by atoms with van der Waals surface area (Å²) in [5.41, 5.74) is 2.07. The topological polar surface area (TPSA) is 41.5 Å². The summed E-state index contributed by atoms with van der Waals surface area (Å²) >= 11 is 6.16. The van der Waals surface area contributed by atoms with E-state index < -0.39 is 0 Å². The second kappa shape index (κ2) is 6.06. The van der Waals surface area contributed by atoms with Crippen LogP contribution in [0.1, 0.15) is 23.0 Å². The van der Waals surface area contributed by atoms with E-state index in [0.717, 1.165) is 29.2 Å². The Morgan fingerprint density at radius 3 is 2.62 bits per heavy atom. The van der Waals surface area contributed by atoms with E-state index in [0.29, 0.717) is 5.02 Å².